The predicted octanol–water partition coefficient (Wildman–Crippen LogP) is 1.82. The van der Waals surface area contributed by atoms with Gasteiger partial charge < -0.3 is 19.8 Å². The SMILES string of the molecule is CCCC(CCC)C(=O)O.C[N+](C)(C)C[C@H](O)CC(=O)O. The Kier molecular flexibility index (Phi) is 12.1. The minimum Gasteiger partial charge on any atom is -0.481 e. The number of quaternary nitrogens is 1. The van der Waals surface area contributed by atoms with Gasteiger partial charge in [0.25, 0.3) is 0 Å². The number of aliphatic hydroxyl groups is 1. The lowest BCUT2D eigenvalue weighted by atomic mass is 9.99. The third-order valence-electron chi connectivity index (χ3n) is 2.79. The van der Waals surface area contributed by atoms with Gasteiger partial charge in [0.05, 0.1) is 33.5 Å². The maximum atomic E-state index is 10.5. The van der Waals surface area contributed by atoms with E-state index in [1.54, 1.807) is 0 Å². The van der Waals surface area contributed by atoms with E-state index in [-0.39, 0.29) is 12.3 Å². The molecule has 0 spiro atoms. The largest absolute Gasteiger partial charge is 0.481 e. The van der Waals surface area contributed by atoms with Crippen LogP contribution in [0, 0.1) is 5.92 Å². The topological polar surface area (TPSA) is 94.8 Å². The van der Waals surface area contributed by atoms with Crippen molar-refractivity contribution in [1.29, 1.82) is 0 Å². The van der Waals surface area contributed by atoms with E-state index in [0.29, 0.717) is 11.0 Å². The molecule has 0 rings (SSSR count). The summed E-state index contributed by atoms with van der Waals surface area (Å²) in [7, 11) is 5.72. The number of carbonyl (C=O) groups is 2. The van der Waals surface area contributed by atoms with Crippen LogP contribution in [-0.4, -0.2) is 65.5 Å². The van der Waals surface area contributed by atoms with Crippen molar-refractivity contribution in [3.05, 3.63) is 0 Å². The van der Waals surface area contributed by atoms with E-state index < -0.39 is 18.0 Å². The predicted molar refractivity (Wildman–Crippen MR) is 82.1 cm³/mol. The zero-order valence-corrected chi connectivity index (χ0v) is 14.0. The second-order valence-corrected chi connectivity index (χ2v) is 6.34. The Balaban J connectivity index is 0. The van der Waals surface area contributed by atoms with E-state index in [2.05, 4.69) is 0 Å². The molecule has 0 saturated carbocycles. The van der Waals surface area contributed by atoms with Crippen LogP contribution in [0.1, 0.15) is 46.0 Å². The molecule has 3 N–H and O–H groups in total. The van der Waals surface area contributed by atoms with Gasteiger partial charge >= 0.3 is 11.9 Å². The summed E-state index contributed by atoms with van der Waals surface area (Å²) in [5, 5.41) is 26.1. The molecule has 0 saturated heterocycles. The van der Waals surface area contributed by atoms with Crippen molar-refractivity contribution in [3.8, 4) is 0 Å². The first-order valence-electron chi connectivity index (χ1n) is 7.46. The molecule has 0 unspecified atom stereocenters. The summed E-state index contributed by atoms with van der Waals surface area (Å²) in [4.78, 5) is 20.6. The number of aliphatic carboxylic acids is 2. The van der Waals surface area contributed by atoms with E-state index in [4.69, 9.17) is 15.3 Å². The molecular formula is C15H32NO5+. The zero-order valence-electron chi connectivity index (χ0n) is 14.0. The van der Waals surface area contributed by atoms with Crippen LogP contribution in [-0.2, 0) is 9.59 Å². The average molecular weight is 306 g/mol. The summed E-state index contributed by atoms with van der Waals surface area (Å²) in [6.45, 7) is 4.50. The lowest BCUT2D eigenvalue weighted by Crippen LogP contribution is -2.42. The van der Waals surface area contributed by atoms with Gasteiger partial charge in [-0.05, 0) is 12.8 Å². The van der Waals surface area contributed by atoms with Gasteiger partial charge in [0.1, 0.15) is 12.6 Å². The van der Waals surface area contributed by atoms with Crippen LogP contribution < -0.4 is 0 Å². The summed E-state index contributed by atoms with van der Waals surface area (Å²) >= 11 is 0. The zero-order chi connectivity index (χ0) is 17.1. The van der Waals surface area contributed by atoms with E-state index in [1.165, 1.54) is 0 Å². The molecule has 0 heterocycles. The number of aliphatic hydroxyl groups excluding tert-OH is 1. The lowest BCUT2D eigenvalue weighted by Gasteiger charge is -2.25. The smallest absolute Gasteiger partial charge is 0.306 e. The molecular weight excluding hydrogens is 274 g/mol. The second kappa shape index (κ2) is 11.5. The lowest BCUT2D eigenvalue weighted by molar-refractivity contribution is -0.873. The number of rotatable bonds is 9. The number of carboxylic acid groups (broad SMARTS) is 2. The fraction of sp³-hybridized carbons (Fsp3) is 0.867. The fourth-order valence-corrected chi connectivity index (χ4v) is 1.99. The summed E-state index contributed by atoms with van der Waals surface area (Å²) in [6.07, 6.45) is 2.67. The maximum absolute atomic E-state index is 10.5. The molecule has 0 aromatic rings. The normalized spacial score (nSPS) is 12.5. The van der Waals surface area contributed by atoms with E-state index >= 15 is 0 Å². The molecule has 0 bridgehead atoms. The Labute approximate surface area is 128 Å². The van der Waals surface area contributed by atoms with Crippen LogP contribution in [0.3, 0.4) is 0 Å². The van der Waals surface area contributed by atoms with Crippen molar-refractivity contribution in [2.75, 3.05) is 27.7 Å². The summed E-state index contributed by atoms with van der Waals surface area (Å²) in [6, 6.07) is 0. The third kappa shape index (κ3) is 16.8. The number of carboxylic acids is 2. The highest BCUT2D eigenvalue weighted by molar-refractivity contribution is 5.69. The number of likely N-dealkylation sites (N-methyl/N-ethyl adjacent to an activating group) is 1. The Morgan fingerprint density at radius 1 is 1.00 bits per heavy atom. The molecule has 0 aliphatic carbocycles. The highest BCUT2D eigenvalue weighted by atomic mass is 16.4. The van der Waals surface area contributed by atoms with Crippen LogP contribution in [0.2, 0.25) is 0 Å². The second-order valence-electron chi connectivity index (χ2n) is 6.34. The van der Waals surface area contributed by atoms with Gasteiger partial charge in [0.15, 0.2) is 0 Å². The summed E-state index contributed by atoms with van der Waals surface area (Å²) < 4.78 is 0.578. The summed E-state index contributed by atoms with van der Waals surface area (Å²) in [5.41, 5.74) is 0. The quantitative estimate of drug-likeness (QED) is 0.565. The van der Waals surface area contributed by atoms with Gasteiger partial charge in [0.2, 0.25) is 0 Å². The van der Waals surface area contributed by atoms with Crippen molar-refractivity contribution in [3.63, 3.8) is 0 Å². The van der Waals surface area contributed by atoms with Gasteiger partial charge in [-0.15, -0.1) is 0 Å². The van der Waals surface area contributed by atoms with Gasteiger partial charge in [-0.25, -0.2) is 0 Å². The Morgan fingerprint density at radius 3 is 1.67 bits per heavy atom. The monoisotopic (exact) mass is 306 g/mol. The van der Waals surface area contributed by atoms with Gasteiger partial charge in [-0.1, -0.05) is 26.7 Å². The third-order valence-corrected chi connectivity index (χ3v) is 2.79. The molecule has 1 atom stereocenters. The molecule has 6 nitrogen and oxygen atoms in total. The first-order chi connectivity index (χ1) is 9.53. The standard InChI is InChI=1S/C8H16O2.C7H15NO3/c1-3-5-7(6-4-2)8(9)10;1-8(2,3)5-6(9)4-7(10)11/h7H,3-6H2,1-2H3,(H,9,10);6,9H,4-5H2,1-3H3/p+1/t;6-/m.1/s1. The molecule has 0 amide bonds. The molecule has 126 valence electrons. The fourth-order valence-electron chi connectivity index (χ4n) is 1.99. The van der Waals surface area contributed by atoms with Gasteiger partial charge in [-0.3, -0.25) is 9.59 Å². The number of nitrogens with zero attached hydrogens (tertiary/aromatic N) is 1. The summed E-state index contributed by atoms with van der Waals surface area (Å²) in [5.74, 6) is -1.69. The average Bonchev–Trinajstić information content (AvgIpc) is 2.25. The molecule has 21 heavy (non-hydrogen) atoms. The van der Waals surface area contributed by atoms with E-state index in [0.717, 1.165) is 25.7 Å². The Hall–Kier alpha value is -1.14. The molecule has 0 aliphatic heterocycles. The van der Waals surface area contributed by atoms with Gasteiger partial charge in [-0.2, -0.15) is 0 Å². The molecule has 0 fully saturated rings. The van der Waals surface area contributed by atoms with Crippen LogP contribution in [0.25, 0.3) is 0 Å². The highest BCUT2D eigenvalue weighted by Gasteiger charge is 2.17. The van der Waals surface area contributed by atoms with Gasteiger partial charge in [0, 0.05) is 0 Å². The first kappa shape index (κ1) is 22.1. The minimum atomic E-state index is -0.953. The van der Waals surface area contributed by atoms with Crippen LogP contribution in [0.4, 0.5) is 0 Å². The van der Waals surface area contributed by atoms with E-state index in [1.807, 2.05) is 35.0 Å². The van der Waals surface area contributed by atoms with Crippen LogP contribution >= 0.6 is 0 Å². The minimum absolute atomic E-state index is 0.102. The maximum Gasteiger partial charge on any atom is 0.306 e. The number of hydrogen-bond donors (Lipinski definition) is 3. The molecule has 0 radical (unpaired) electrons. The molecule has 0 aliphatic rings. The molecule has 0 aromatic heterocycles. The van der Waals surface area contributed by atoms with Crippen LogP contribution in [0.15, 0.2) is 0 Å². The van der Waals surface area contributed by atoms with Crippen molar-refractivity contribution in [1.82, 2.24) is 0 Å². The number of hydrogen-bond acceptors (Lipinski definition) is 3. The highest BCUT2D eigenvalue weighted by Crippen LogP contribution is 2.12. The van der Waals surface area contributed by atoms with Crippen molar-refractivity contribution < 1.29 is 29.4 Å². The van der Waals surface area contributed by atoms with Crippen molar-refractivity contribution in [2.45, 2.75) is 52.1 Å². The molecule has 0 aromatic carbocycles. The Bertz CT molecular complexity index is 293. The van der Waals surface area contributed by atoms with Crippen molar-refractivity contribution >= 4 is 11.9 Å². The first-order valence-corrected chi connectivity index (χ1v) is 7.46. The molecule has 6 heteroatoms. The van der Waals surface area contributed by atoms with Crippen molar-refractivity contribution in [2.24, 2.45) is 5.92 Å². The van der Waals surface area contributed by atoms with E-state index in [9.17, 15) is 9.59 Å². The van der Waals surface area contributed by atoms with Crippen LogP contribution in [0.5, 0.6) is 0 Å². The Morgan fingerprint density at radius 2 is 1.43 bits per heavy atom.